The average Bonchev–Trinajstić information content (AvgIpc) is 2.58. The molecule has 0 saturated heterocycles. The van der Waals surface area contributed by atoms with Crippen molar-refractivity contribution in [3.63, 3.8) is 0 Å². The summed E-state index contributed by atoms with van der Waals surface area (Å²) in [6.45, 7) is 2.44. The average molecular weight is 375 g/mol. The van der Waals surface area contributed by atoms with Gasteiger partial charge in [-0.15, -0.1) is 0 Å². The van der Waals surface area contributed by atoms with E-state index in [-0.39, 0.29) is 5.95 Å². The number of nitrogens with zero attached hydrogens (tertiary/aromatic N) is 2. The molecular formula is C18H16Cl2N4O. The number of halogens is 2. The summed E-state index contributed by atoms with van der Waals surface area (Å²) in [4.78, 5) is 8.52. The molecule has 0 spiro atoms. The Labute approximate surface area is 155 Å². The number of nitrogens with two attached hydrogens (primary N) is 1. The van der Waals surface area contributed by atoms with Crippen molar-refractivity contribution in [3.8, 4) is 17.0 Å². The first-order valence-electron chi connectivity index (χ1n) is 7.65. The highest BCUT2D eigenvalue weighted by Crippen LogP contribution is 2.33. The fourth-order valence-electron chi connectivity index (χ4n) is 2.35. The molecule has 0 aliphatic rings. The summed E-state index contributed by atoms with van der Waals surface area (Å²) in [7, 11) is 0. The fraction of sp³-hybridized carbons (Fsp3) is 0.111. The lowest BCUT2D eigenvalue weighted by atomic mass is 10.1. The minimum atomic E-state index is 0.134. The SMILES string of the molecule is CCOc1ccc(Cl)cc1-c1cc(Nc2ccccc2Cl)nc(N)n1. The summed E-state index contributed by atoms with van der Waals surface area (Å²) < 4.78 is 5.66. The number of rotatable bonds is 5. The normalized spacial score (nSPS) is 10.5. The largest absolute Gasteiger partial charge is 0.493 e. The van der Waals surface area contributed by atoms with Crippen molar-refractivity contribution in [3.05, 3.63) is 58.6 Å². The van der Waals surface area contributed by atoms with E-state index in [1.54, 1.807) is 30.3 Å². The summed E-state index contributed by atoms with van der Waals surface area (Å²) in [5.41, 5.74) is 7.95. The molecule has 0 atom stereocenters. The highest BCUT2D eigenvalue weighted by Gasteiger charge is 2.12. The van der Waals surface area contributed by atoms with Gasteiger partial charge in [-0.2, -0.15) is 4.98 Å². The van der Waals surface area contributed by atoms with Gasteiger partial charge >= 0.3 is 0 Å². The number of nitrogen functional groups attached to an aromatic ring is 1. The van der Waals surface area contributed by atoms with Crippen LogP contribution < -0.4 is 15.8 Å². The van der Waals surface area contributed by atoms with Gasteiger partial charge in [0.25, 0.3) is 0 Å². The Morgan fingerprint density at radius 2 is 1.88 bits per heavy atom. The van der Waals surface area contributed by atoms with E-state index in [2.05, 4.69) is 15.3 Å². The van der Waals surface area contributed by atoms with Gasteiger partial charge in [0.1, 0.15) is 11.6 Å². The molecule has 0 saturated carbocycles. The molecule has 0 fully saturated rings. The summed E-state index contributed by atoms with van der Waals surface area (Å²) >= 11 is 12.3. The number of nitrogens with one attached hydrogen (secondary N) is 1. The van der Waals surface area contributed by atoms with E-state index in [0.29, 0.717) is 33.9 Å². The quantitative estimate of drug-likeness (QED) is 0.643. The first kappa shape index (κ1) is 17.3. The fourth-order valence-corrected chi connectivity index (χ4v) is 2.71. The van der Waals surface area contributed by atoms with Crippen LogP contribution in [0.25, 0.3) is 11.3 Å². The van der Waals surface area contributed by atoms with Gasteiger partial charge in [-0.25, -0.2) is 4.98 Å². The van der Waals surface area contributed by atoms with Gasteiger partial charge in [0.2, 0.25) is 5.95 Å². The number of ether oxygens (including phenoxy) is 1. The van der Waals surface area contributed by atoms with E-state index in [9.17, 15) is 0 Å². The predicted molar refractivity (Wildman–Crippen MR) is 103 cm³/mol. The highest BCUT2D eigenvalue weighted by atomic mass is 35.5. The van der Waals surface area contributed by atoms with Crippen molar-refractivity contribution < 1.29 is 4.74 Å². The molecule has 0 amide bonds. The molecule has 0 radical (unpaired) electrons. The number of para-hydroxylation sites is 1. The Morgan fingerprint density at radius 3 is 2.64 bits per heavy atom. The van der Waals surface area contributed by atoms with Gasteiger partial charge in [0, 0.05) is 16.7 Å². The van der Waals surface area contributed by atoms with Crippen molar-refractivity contribution in [2.45, 2.75) is 6.92 Å². The number of hydrogen-bond donors (Lipinski definition) is 2. The van der Waals surface area contributed by atoms with Crippen LogP contribution in [0.15, 0.2) is 48.5 Å². The van der Waals surface area contributed by atoms with Crippen LogP contribution in [0, 0.1) is 0 Å². The summed E-state index contributed by atoms with van der Waals surface area (Å²) in [5, 5.41) is 4.31. The predicted octanol–water partition coefficient (Wildman–Crippen LogP) is 5.17. The maximum absolute atomic E-state index is 6.18. The summed E-state index contributed by atoms with van der Waals surface area (Å²) in [5.74, 6) is 1.33. The third-order valence-electron chi connectivity index (χ3n) is 3.40. The van der Waals surface area contributed by atoms with Gasteiger partial charge < -0.3 is 15.8 Å². The number of benzene rings is 2. The Kier molecular flexibility index (Phi) is 5.26. The van der Waals surface area contributed by atoms with E-state index in [1.807, 2.05) is 25.1 Å². The van der Waals surface area contributed by atoms with Crippen LogP contribution in [0.1, 0.15) is 6.92 Å². The van der Waals surface area contributed by atoms with Crippen molar-refractivity contribution in [1.82, 2.24) is 9.97 Å². The molecule has 1 heterocycles. The Balaban J connectivity index is 2.03. The molecule has 0 unspecified atom stereocenters. The van der Waals surface area contributed by atoms with Crippen LogP contribution >= 0.6 is 23.2 Å². The first-order chi connectivity index (χ1) is 12.1. The van der Waals surface area contributed by atoms with Crippen molar-refractivity contribution in [2.24, 2.45) is 0 Å². The highest BCUT2D eigenvalue weighted by molar-refractivity contribution is 6.33. The van der Waals surface area contributed by atoms with Crippen LogP contribution in [0.5, 0.6) is 5.75 Å². The van der Waals surface area contributed by atoms with Crippen LogP contribution in [0.4, 0.5) is 17.5 Å². The number of hydrogen-bond acceptors (Lipinski definition) is 5. The standard InChI is InChI=1S/C18H16Cl2N4O/c1-2-25-16-8-7-11(19)9-12(16)15-10-17(24-18(21)23-15)22-14-6-4-3-5-13(14)20/h3-10H,2H2,1H3,(H3,21,22,23,24). The van der Waals surface area contributed by atoms with Crippen molar-refractivity contribution >= 4 is 40.7 Å². The van der Waals surface area contributed by atoms with E-state index in [4.69, 9.17) is 33.7 Å². The second-order valence-electron chi connectivity index (χ2n) is 5.17. The molecule has 3 rings (SSSR count). The van der Waals surface area contributed by atoms with Gasteiger partial charge in [-0.3, -0.25) is 0 Å². The zero-order valence-corrected chi connectivity index (χ0v) is 15.0. The lowest BCUT2D eigenvalue weighted by molar-refractivity contribution is 0.341. The van der Waals surface area contributed by atoms with Crippen LogP contribution in [0.3, 0.4) is 0 Å². The number of aromatic nitrogens is 2. The van der Waals surface area contributed by atoms with E-state index >= 15 is 0 Å². The Morgan fingerprint density at radius 1 is 1.08 bits per heavy atom. The number of anilines is 3. The molecule has 0 aliphatic heterocycles. The zero-order chi connectivity index (χ0) is 17.8. The minimum Gasteiger partial charge on any atom is -0.493 e. The van der Waals surface area contributed by atoms with E-state index in [0.717, 1.165) is 11.3 Å². The zero-order valence-electron chi connectivity index (χ0n) is 13.5. The third kappa shape index (κ3) is 4.13. The molecule has 3 N–H and O–H groups in total. The minimum absolute atomic E-state index is 0.134. The van der Waals surface area contributed by atoms with Crippen LogP contribution in [0.2, 0.25) is 10.0 Å². The lowest BCUT2D eigenvalue weighted by Crippen LogP contribution is -2.03. The topological polar surface area (TPSA) is 73.1 Å². The van der Waals surface area contributed by atoms with Crippen LogP contribution in [-0.4, -0.2) is 16.6 Å². The molecule has 0 bridgehead atoms. The molecule has 7 heteroatoms. The van der Waals surface area contributed by atoms with Crippen molar-refractivity contribution in [1.29, 1.82) is 0 Å². The molecule has 25 heavy (non-hydrogen) atoms. The first-order valence-corrected chi connectivity index (χ1v) is 8.41. The molecular weight excluding hydrogens is 359 g/mol. The summed E-state index contributed by atoms with van der Waals surface area (Å²) in [6.07, 6.45) is 0. The second kappa shape index (κ2) is 7.59. The third-order valence-corrected chi connectivity index (χ3v) is 3.96. The molecule has 3 aromatic rings. The van der Waals surface area contributed by atoms with Gasteiger partial charge in [0.15, 0.2) is 0 Å². The molecule has 2 aromatic carbocycles. The smallest absolute Gasteiger partial charge is 0.222 e. The monoisotopic (exact) mass is 374 g/mol. The summed E-state index contributed by atoms with van der Waals surface area (Å²) in [6, 6.07) is 14.5. The van der Waals surface area contributed by atoms with Gasteiger partial charge in [-0.05, 0) is 37.3 Å². The van der Waals surface area contributed by atoms with Crippen LogP contribution in [-0.2, 0) is 0 Å². The molecule has 1 aromatic heterocycles. The lowest BCUT2D eigenvalue weighted by Gasteiger charge is -2.13. The van der Waals surface area contributed by atoms with Gasteiger partial charge in [0.05, 0.1) is 23.0 Å². The molecule has 0 aliphatic carbocycles. The van der Waals surface area contributed by atoms with Gasteiger partial charge in [-0.1, -0.05) is 35.3 Å². The van der Waals surface area contributed by atoms with E-state index < -0.39 is 0 Å². The molecule has 128 valence electrons. The second-order valence-corrected chi connectivity index (χ2v) is 6.02. The van der Waals surface area contributed by atoms with E-state index in [1.165, 1.54) is 0 Å². The Bertz CT molecular complexity index is 902. The molecule has 5 nitrogen and oxygen atoms in total. The Hall–Kier alpha value is -2.50. The van der Waals surface area contributed by atoms with Crippen molar-refractivity contribution in [2.75, 3.05) is 17.7 Å². The maximum atomic E-state index is 6.18. The maximum Gasteiger partial charge on any atom is 0.222 e.